The average Bonchev–Trinajstić information content (AvgIpc) is 3.16. The minimum atomic E-state index is 0.223. The average molecular weight is 322 g/mol. The topological polar surface area (TPSA) is 34.9 Å². The van der Waals surface area contributed by atoms with Crippen molar-refractivity contribution in [1.29, 1.82) is 0 Å². The summed E-state index contributed by atoms with van der Waals surface area (Å²) < 4.78 is 1.96. The Labute approximate surface area is 139 Å². The molecule has 0 aliphatic heterocycles. The van der Waals surface area contributed by atoms with Crippen molar-refractivity contribution in [3.05, 3.63) is 69.2 Å². The van der Waals surface area contributed by atoms with Gasteiger partial charge in [0.2, 0.25) is 0 Å². The van der Waals surface area contributed by atoms with E-state index in [1.54, 1.807) is 11.3 Å². The summed E-state index contributed by atoms with van der Waals surface area (Å²) in [5.41, 5.74) is 4.98. The van der Waals surface area contributed by atoms with E-state index in [0.29, 0.717) is 6.42 Å². The van der Waals surface area contributed by atoms with E-state index < -0.39 is 0 Å². The van der Waals surface area contributed by atoms with Crippen LogP contribution < -0.4 is 0 Å². The molecular weight excluding hydrogens is 304 g/mol. The van der Waals surface area contributed by atoms with Crippen molar-refractivity contribution in [1.82, 2.24) is 9.78 Å². The molecule has 1 atom stereocenters. The lowest BCUT2D eigenvalue weighted by Gasteiger charge is -2.22. The minimum Gasteiger partial charge on any atom is -0.294 e. The molecule has 23 heavy (non-hydrogen) atoms. The minimum absolute atomic E-state index is 0.223. The highest BCUT2D eigenvalue weighted by atomic mass is 32.1. The summed E-state index contributed by atoms with van der Waals surface area (Å²) in [5, 5.41) is 6.74. The van der Waals surface area contributed by atoms with Crippen LogP contribution in [0, 0.1) is 13.8 Å². The molecule has 4 heteroatoms. The molecule has 0 saturated carbocycles. The number of ketones is 1. The molecule has 0 fully saturated rings. The molecule has 0 N–H and O–H groups in total. The second-order valence-electron chi connectivity index (χ2n) is 6.20. The van der Waals surface area contributed by atoms with Crippen molar-refractivity contribution in [2.24, 2.45) is 0 Å². The van der Waals surface area contributed by atoms with Crippen LogP contribution in [0.25, 0.3) is 5.69 Å². The van der Waals surface area contributed by atoms with Crippen LogP contribution >= 0.6 is 11.3 Å². The normalized spacial score (nSPS) is 17.3. The van der Waals surface area contributed by atoms with Gasteiger partial charge >= 0.3 is 0 Å². The molecule has 0 spiro atoms. The molecule has 1 aliphatic rings. The molecule has 0 amide bonds. The second kappa shape index (κ2) is 5.46. The molecule has 3 aromatic rings. The van der Waals surface area contributed by atoms with Gasteiger partial charge in [-0.05, 0) is 43.8 Å². The number of benzene rings is 1. The highest BCUT2D eigenvalue weighted by molar-refractivity contribution is 7.10. The zero-order valence-corrected chi connectivity index (χ0v) is 14.1. The third-order valence-electron chi connectivity index (χ3n) is 4.53. The monoisotopic (exact) mass is 322 g/mol. The van der Waals surface area contributed by atoms with Gasteiger partial charge in [0.05, 0.1) is 22.6 Å². The van der Waals surface area contributed by atoms with Gasteiger partial charge in [-0.3, -0.25) is 4.79 Å². The number of Topliss-reactive ketones (excluding diaryl/α,β-unsaturated/α-hetero) is 1. The van der Waals surface area contributed by atoms with Crippen LogP contribution in [0.5, 0.6) is 0 Å². The Morgan fingerprint density at radius 3 is 2.61 bits per heavy atom. The Hall–Kier alpha value is -2.20. The van der Waals surface area contributed by atoms with E-state index in [1.807, 2.05) is 11.6 Å². The van der Waals surface area contributed by atoms with Crippen molar-refractivity contribution in [3.63, 3.8) is 0 Å². The van der Waals surface area contributed by atoms with Crippen LogP contribution in [0.15, 0.2) is 41.8 Å². The predicted octanol–water partition coefficient (Wildman–Crippen LogP) is 4.46. The summed E-state index contributed by atoms with van der Waals surface area (Å²) in [7, 11) is 0. The van der Waals surface area contributed by atoms with Crippen LogP contribution in [-0.4, -0.2) is 15.6 Å². The van der Waals surface area contributed by atoms with Gasteiger partial charge in [-0.2, -0.15) is 5.10 Å². The summed E-state index contributed by atoms with van der Waals surface area (Å²) in [6, 6.07) is 12.5. The zero-order valence-electron chi connectivity index (χ0n) is 13.2. The zero-order chi connectivity index (χ0) is 16.0. The number of carbonyl (C=O) groups is 1. The quantitative estimate of drug-likeness (QED) is 0.698. The molecule has 1 aromatic carbocycles. The molecular formula is C19H18N2OS. The maximum absolute atomic E-state index is 12.7. The smallest absolute Gasteiger partial charge is 0.167 e. The number of hydrogen-bond acceptors (Lipinski definition) is 3. The first-order chi connectivity index (χ1) is 11.1. The van der Waals surface area contributed by atoms with Gasteiger partial charge in [0.15, 0.2) is 5.78 Å². The Bertz CT molecular complexity index is 860. The lowest BCUT2D eigenvalue weighted by molar-refractivity contribution is 0.0963. The maximum atomic E-state index is 12.7. The molecule has 0 saturated heterocycles. The van der Waals surface area contributed by atoms with Gasteiger partial charge < -0.3 is 0 Å². The highest BCUT2D eigenvalue weighted by Crippen LogP contribution is 2.36. The Kier molecular flexibility index (Phi) is 3.42. The molecule has 2 heterocycles. The van der Waals surface area contributed by atoms with Crippen molar-refractivity contribution in [2.45, 2.75) is 32.6 Å². The van der Waals surface area contributed by atoms with Crippen molar-refractivity contribution < 1.29 is 4.79 Å². The SMILES string of the molecule is Cc1ccc(-n2nc(C)c3c2C[C@H](c2cccs2)CC3=O)cc1. The third-order valence-corrected chi connectivity index (χ3v) is 5.57. The highest BCUT2D eigenvalue weighted by Gasteiger charge is 2.32. The second-order valence-corrected chi connectivity index (χ2v) is 7.18. The van der Waals surface area contributed by atoms with Crippen molar-refractivity contribution in [3.8, 4) is 5.69 Å². The third kappa shape index (κ3) is 2.43. The largest absolute Gasteiger partial charge is 0.294 e. The lowest BCUT2D eigenvalue weighted by atomic mass is 9.85. The number of aromatic nitrogens is 2. The lowest BCUT2D eigenvalue weighted by Crippen LogP contribution is -2.20. The van der Waals surface area contributed by atoms with Gasteiger partial charge in [-0.15, -0.1) is 11.3 Å². The number of aryl methyl sites for hydroxylation is 2. The van der Waals surface area contributed by atoms with Gasteiger partial charge in [0.25, 0.3) is 0 Å². The molecule has 0 unspecified atom stereocenters. The van der Waals surface area contributed by atoms with Gasteiger partial charge in [0.1, 0.15) is 0 Å². The van der Waals surface area contributed by atoms with E-state index in [-0.39, 0.29) is 11.7 Å². The number of thiophene rings is 1. The standard InChI is InChI=1S/C19H18N2OS/c1-12-5-7-15(8-6-12)21-16-10-14(18-4-3-9-23-18)11-17(22)19(16)13(2)20-21/h3-9,14H,10-11H2,1-2H3/t14-/m0/s1. The molecule has 116 valence electrons. The van der Waals surface area contributed by atoms with E-state index >= 15 is 0 Å². The van der Waals surface area contributed by atoms with E-state index in [9.17, 15) is 4.79 Å². The van der Waals surface area contributed by atoms with Crippen LogP contribution in [0.3, 0.4) is 0 Å². The summed E-state index contributed by atoms with van der Waals surface area (Å²) in [6.45, 7) is 4.01. The Morgan fingerprint density at radius 2 is 1.91 bits per heavy atom. The van der Waals surface area contributed by atoms with E-state index in [1.165, 1.54) is 10.4 Å². The fourth-order valence-corrected chi connectivity index (χ4v) is 4.21. The van der Waals surface area contributed by atoms with Gasteiger partial charge in [-0.25, -0.2) is 4.68 Å². The van der Waals surface area contributed by atoms with Crippen LogP contribution in [0.4, 0.5) is 0 Å². The molecule has 1 aliphatic carbocycles. The van der Waals surface area contributed by atoms with Crippen molar-refractivity contribution in [2.75, 3.05) is 0 Å². The summed E-state index contributed by atoms with van der Waals surface area (Å²) >= 11 is 1.73. The summed E-state index contributed by atoms with van der Waals surface area (Å²) in [5.74, 6) is 0.496. The van der Waals surface area contributed by atoms with E-state index in [2.05, 4.69) is 53.8 Å². The molecule has 4 rings (SSSR count). The van der Waals surface area contributed by atoms with Crippen LogP contribution in [-0.2, 0) is 6.42 Å². The van der Waals surface area contributed by atoms with Crippen LogP contribution in [0.2, 0.25) is 0 Å². The van der Waals surface area contributed by atoms with Crippen molar-refractivity contribution >= 4 is 17.1 Å². The first kappa shape index (κ1) is 14.4. The Morgan fingerprint density at radius 1 is 1.13 bits per heavy atom. The predicted molar refractivity (Wildman–Crippen MR) is 92.7 cm³/mol. The molecule has 0 bridgehead atoms. The number of rotatable bonds is 2. The molecule has 0 radical (unpaired) electrons. The van der Waals surface area contributed by atoms with E-state index in [4.69, 9.17) is 0 Å². The summed E-state index contributed by atoms with van der Waals surface area (Å²) in [4.78, 5) is 14.0. The first-order valence-electron chi connectivity index (χ1n) is 7.85. The van der Waals surface area contributed by atoms with Gasteiger partial charge in [0, 0.05) is 17.2 Å². The Balaban J connectivity index is 1.81. The number of carbonyl (C=O) groups excluding carboxylic acids is 1. The van der Waals surface area contributed by atoms with Gasteiger partial charge in [-0.1, -0.05) is 23.8 Å². The number of nitrogens with zero attached hydrogens (tertiary/aromatic N) is 2. The summed E-state index contributed by atoms with van der Waals surface area (Å²) in [6.07, 6.45) is 1.46. The fourth-order valence-electron chi connectivity index (χ4n) is 3.38. The maximum Gasteiger partial charge on any atom is 0.167 e. The van der Waals surface area contributed by atoms with Crippen LogP contribution in [0.1, 0.15) is 44.5 Å². The molecule has 3 nitrogen and oxygen atoms in total. The number of hydrogen-bond donors (Lipinski definition) is 0. The fraction of sp³-hybridized carbons (Fsp3) is 0.263. The van der Waals surface area contributed by atoms with E-state index in [0.717, 1.165) is 29.1 Å². The number of fused-ring (bicyclic) bond motifs is 1. The molecule has 2 aromatic heterocycles. The first-order valence-corrected chi connectivity index (χ1v) is 8.73.